The molecule has 0 spiro atoms. The molecule has 0 saturated carbocycles. The number of rotatable bonds is 3. The van der Waals surface area contributed by atoms with Gasteiger partial charge in [0.2, 0.25) is 0 Å². The molecule has 1 heterocycles. The molecular formula is C13H11BrN2O2. The van der Waals surface area contributed by atoms with Crippen LogP contribution in [0.2, 0.25) is 0 Å². The van der Waals surface area contributed by atoms with Crippen LogP contribution in [0.3, 0.4) is 0 Å². The van der Waals surface area contributed by atoms with Crippen molar-refractivity contribution in [2.24, 2.45) is 0 Å². The maximum absolute atomic E-state index is 12.1. The van der Waals surface area contributed by atoms with Crippen molar-refractivity contribution in [3.63, 3.8) is 0 Å². The van der Waals surface area contributed by atoms with Crippen molar-refractivity contribution in [2.75, 3.05) is 5.32 Å². The lowest BCUT2D eigenvalue weighted by Crippen LogP contribution is -2.14. The third kappa shape index (κ3) is 2.75. The molecule has 0 atom stereocenters. The van der Waals surface area contributed by atoms with Gasteiger partial charge in [-0.1, -0.05) is 12.1 Å². The van der Waals surface area contributed by atoms with E-state index in [2.05, 4.69) is 26.2 Å². The number of halogens is 1. The van der Waals surface area contributed by atoms with Crippen LogP contribution in [-0.4, -0.2) is 16.0 Å². The van der Waals surface area contributed by atoms with Crippen molar-refractivity contribution in [1.29, 1.82) is 0 Å². The Balaban J connectivity index is 2.24. The summed E-state index contributed by atoms with van der Waals surface area (Å²) in [7, 11) is 0. The molecule has 0 aliphatic carbocycles. The Bertz CT molecular complexity index is 572. The van der Waals surface area contributed by atoms with E-state index in [1.807, 2.05) is 6.07 Å². The molecule has 0 aliphatic rings. The van der Waals surface area contributed by atoms with E-state index in [0.717, 1.165) is 4.47 Å². The largest absolute Gasteiger partial charge is 0.392 e. The first-order chi connectivity index (χ1) is 8.72. The molecule has 2 rings (SSSR count). The SMILES string of the molecule is O=C(Nc1cnccc1CO)c1ccccc1Br. The molecule has 2 N–H and O–H groups in total. The molecule has 0 fully saturated rings. The molecule has 1 aromatic heterocycles. The summed E-state index contributed by atoms with van der Waals surface area (Å²) >= 11 is 3.32. The number of aliphatic hydroxyl groups excluding tert-OH is 1. The standard InChI is InChI=1S/C13H11BrN2O2/c14-11-4-2-1-3-10(11)13(18)16-12-7-15-6-5-9(12)8-17/h1-7,17H,8H2,(H,16,18). The molecule has 0 aliphatic heterocycles. The highest BCUT2D eigenvalue weighted by atomic mass is 79.9. The molecule has 2 aromatic rings. The average Bonchev–Trinajstić information content (AvgIpc) is 2.39. The average molecular weight is 307 g/mol. The van der Waals surface area contributed by atoms with E-state index in [1.165, 1.54) is 6.20 Å². The number of nitrogens with zero attached hydrogens (tertiary/aromatic N) is 1. The minimum atomic E-state index is -0.245. The maximum Gasteiger partial charge on any atom is 0.256 e. The highest BCUT2D eigenvalue weighted by Gasteiger charge is 2.11. The van der Waals surface area contributed by atoms with E-state index in [0.29, 0.717) is 16.8 Å². The van der Waals surface area contributed by atoms with E-state index in [-0.39, 0.29) is 12.5 Å². The van der Waals surface area contributed by atoms with Crippen LogP contribution in [0, 0.1) is 0 Å². The lowest BCUT2D eigenvalue weighted by atomic mass is 10.2. The molecule has 0 saturated heterocycles. The Kier molecular flexibility index (Phi) is 4.07. The fourth-order valence-electron chi connectivity index (χ4n) is 1.51. The number of hydrogen-bond donors (Lipinski definition) is 2. The van der Waals surface area contributed by atoms with E-state index < -0.39 is 0 Å². The first-order valence-electron chi connectivity index (χ1n) is 5.32. The summed E-state index contributed by atoms with van der Waals surface area (Å²) in [6.45, 7) is -0.145. The van der Waals surface area contributed by atoms with E-state index in [4.69, 9.17) is 5.11 Å². The second-order valence-corrected chi connectivity index (χ2v) is 4.48. The lowest BCUT2D eigenvalue weighted by molar-refractivity contribution is 0.102. The van der Waals surface area contributed by atoms with Crippen LogP contribution in [0.25, 0.3) is 0 Å². The van der Waals surface area contributed by atoms with Crippen LogP contribution < -0.4 is 5.32 Å². The number of amides is 1. The molecule has 18 heavy (non-hydrogen) atoms. The topological polar surface area (TPSA) is 62.2 Å². The zero-order chi connectivity index (χ0) is 13.0. The minimum Gasteiger partial charge on any atom is -0.392 e. The monoisotopic (exact) mass is 306 g/mol. The van der Waals surface area contributed by atoms with Crippen LogP contribution in [0.1, 0.15) is 15.9 Å². The number of aliphatic hydroxyl groups is 1. The normalized spacial score (nSPS) is 10.1. The van der Waals surface area contributed by atoms with Gasteiger partial charge in [-0.2, -0.15) is 0 Å². The summed E-state index contributed by atoms with van der Waals surface area (Å²) in [5.74, 6) is -0.245. The number of benzene rings is 1. The van der Waals surface area contributed by atoms with Gasteiger partial charge < -0.3 is 10.4 Å². The molecular weight excluding hydrogens is 296 g/mol. The summed E-state index contributed by atoms with van der Waals surface area (Å²) in [4.78, 5) is 16.0. The summed E-state index contributed by atoms with van der Waals surface area (Å²) < 4.78 is 0.719. The number of aromatic nitrogens is 1. The maximum atomic E-state index is 12.1. The molecule has 1 amide bonds. The van der Waals surface area contributed by atoms with E-state index >= 15 is 0 Å². The number of anilines is 1. The fraction of sp³-hybridized carbons (Fsp3) is 0.0769. The fourth-order valence-corrected chi connectivity index (χ4v) is 1.97. The predicted molar refractivity (Wildman–Crippen MR) is 72.3 cm³/mol. The smallest absolute Gasteiger partial charge is 0.256 e. The van der Waals surface area contributed by atoms with Crippen molar-refractivity contribution >= 4 is 27.5 Å². The van der Waals surface area contributed by atoms with Crippen molar-refractivity contribution < 1.29 is 9.90 Å². The van der Waals surface area contributed by atoms with Crippen LogP contribution in [0.15, 0.2) is 47.2 Å². The lowest BCUT2D eigenvalue weighted by Gasteiger charge is -2.09. The number of carbonyl (C=O) groups is 1. The van der Waals surface area contributed by atoms with Crippen LogP contribution >= 0.6 is 15.9 Å². The number of hydrogen-bond acceptors (Lipinski definition) is 3. The van der Waals surface area contributed by atoms with Gasteiger partial charge in [0.25, 0.3) is 5.91 Å². The quantitative estimate of drug-likeness (QED) is 0.916. The van der Waals surface area contributed by atoms with Gasteiger partial charge in [-0.15, -0.1) is 0 Å². The van der Waals surface area contributed by atoms with Gasteiger partial charge in [-0.25, -0.2) is 0 Å². The van der Waals surface area contributed by atoms with E-state index in [9.17, 15) is 4.79 Å². The van der Waals surface area contributed by atoms with Crippen LogP contribution in [0.5, 0.6) is 0 Å². The first kappa shape index (κ1) is 12.7. The second-order valence-electron chi connectivity index (χ2n) is 3.62. The van der Waals surface area contributed by atoms with Crippen LogP contribution in [0.4, 0.5) is 5.69 Å². The first-order valence-corrected chi connectivity index (χ1v) is 6.11. The molecule has 1 aromatic carbocycles. The third-order valence-corrected chi connectivity index (χ3v) is 3.14. The van der Waals surface area contributed by atoms with E-state index in [1.54, 1.807) is 30.5 Å². The minimum absolute atomic E-state index is 0.145. The van der Waals surface area contributed by atoms with Gasteiger partial charge in [0.05, 0.1) is 24.1 Å². The number of pyridine rings is 1. The Morgan fingerprint density at radius 2 is 2.11 bits per heavy atom. The summed E-state index contributed by atoms with van der Waals surface area (Å²) in [5.41, 5.74) is 1.68. The van der Waals surface area contributed by atoms with Crippen LogP contribution in [-0.2, 0) is 6.61 Å². The summed E-state index contributed by atoms with van der Waals surface area (Å²) in [6.07, 6.45) is 3.08. The van der Waals surface area contributed by atoms with Crippen molar-refractivity contribution in [3.05, 3.63) is 58.3 Å². The van der Waals surface area contributed by atoms with Crippen molar-refractivity contribution in [2.45, 2.75) is 6.61 Å². The zero-order valence-corrected chi connectivity index (χ0v) is 11.0. The van der Waals surface area contributed by atoms with Crippen molar-refractivity contribution in [3.8, 4) is 0 Å². The van der Waals surface area contributed by atoms with Gasteiger partial charge in [0.15, 0.2) is 0 Å². The highest BCUT2D eigenvalue weighted by molar-refractivity contribution is 9.10. The summed E-state index contributed by atoms with van der Waals surface area (Å²) in [5, 5.41) is 11.9. The Morgan fingerprint density at radius 3 is 2.83 bits per heavy atom. The van der Waals surface area contributed by atoms with Crippen molar-refractivity contribution in [1.82, 2.24) is 4.98 Å². The van der Waals surface area contributed by atoms with Gasteiger partial charge in [0.1, 0.15) is 0 Å². The van der Waals surface area contributed by atoms with Gasteiger partial charge in [-0.3, -0.25) is 9.78 Å². The molecule has 0 radical (unpaired) electrons. The van der Waals surface area contributed by atoms with Gasteiger partial charge in [0, 0.05) is 16.2 Å². The molecule has 92 valence electrons. The Hall–Kier alpha value is -1.72. The zero-order valence-electron chi connectivity index (χ0n) is 9.43. The Morgan fingerprint density at radius 1 is 1.33 bits per heavy atom. The molecule has 5 heteroatoms. The highest BCUT2D eigenvalue weighted by Crippen LogP contribution is 2.19. The Labute approximate surface area is 113 Å². The summed E-state index contributed by atoms with van der Waals surface area (Å²) in [6, 6.07) is 8.80. The second kappa shape index (κ2) is 5.75. The number of nitrogens with one attached hydrogen (secondary N) is 1. The molecule has 4 nitrogen and oxygen atoms in total. The van der Waals surface area contributed by atoms with Gasteiger partial charge in [-0.05, 0) is 34.1 Å². The third-order valence-electron chi connectivity index (χ3n) is 2.45. The number of carbonyl (C=O) groups excluding carboxylic acids is 1. The molecule has 0 unspecified atom stereocenters. The van der Waals surface area contributed by atoms with Gasteiger partial charge >= 0.3 is 0 Å². The molecule has 0 bridgehead atoms. The predicted octanol–water partition coefficient (Wildman–Crippen LogP) is 2.59.